The number of anilines is 1. The quantitative estimate of drug-likeness (QED) is 0.823. The third-order valence-electron chi connectivity index (χ3n) is 2.90. The van der Waals surface area contributed by atoms with E-state index in [2.05, 4.69) is 10.4 Å². The molecule has 0 aromatic carbocycles. The number of hydrogen-bond acceptors (Lipinski definition) is 4. The smallest absolute Gasteiger partial charge is 0.366 e. The Hall–Kier alpha value is -1.57. The van der Waals surface area contributed by atoms with E-state index in [1.165, 1.54) is 7.05 Å². The topological polar surface area (TPSA) is 72.9 Å². The van der Waals surface area contributed by atoms with Crippen molar-refractivity contribution in [2.45, 2.75) is 31.1 Å². The van der Waals surface area contributed by atoms with Crippen LogP contribution in [-0.2, 0) is 13.2 Å². The van der Waals surface area contributed by atoms with Gasteiger partial charge in [0.15, 0.2) is 0 Å². The van der Waals surface area contributed by atoms with Crippen LogP contribution in [-0.4, -0.2) is 21.9 Å². The standard InChI is InChI=1S/C10H13F3N4O/c1-17-9(18)7(10(11,12)13)4-8(16-17)15-6-2-5(14)3-6/h4-6H,2-3,14H2,1H3,(H,15,16). The molecule has 0 bridgehead atoms. The number of hydrogen-bond donors (Lipinski definition) is 2. The number of rotatable bonds is 2. The second kappa shape index (κ2) is 4.27. The van der Waals surface area contributed by atoms with Crippen molar-refractivity contribution in [1.29, 1.82) is 0 Å². The Morgan fingerprint density at radius 1 is 1.50 bits per heavy atom. The fourth-order valence-corrected chi connectivity index (χ4v) is 1.87. The highest BCUT2D eigenvalue weighted by molar-refractivity contribution is 5.38. The number of aryl methyl sites for hydroxylation is 1. The van der Waals surface area contributed by atoms with Crippen molar-refractivity contribution in [3.05, 3.63) is 22.0 Å². The summed E-state index contributed by atoms with van der Waals surface area (Å²) >= 11 is 0. The van der Waals surface area contributed by atoms with Gasteiger partial charge in [-0.3, -0.25) is 4.79 Å². The van der Waals surface area contributed by atoms with Crippen LogP contribution < -0.4 is 16.6 Å². The van der Waals surface area contributed by atoms with E-state index in [1.807, 2.05) is 0 Å². The number of nitrogens with one attached hydrogen (secondary N) is 1. The molecule has 5 nitrogen and oxygen atoms in total. The van der Waals surface area contributed by atoms with Crippen molar-refractivity contribution in [3.8, 4) is 0 Å². The number of nitrogens with zero attached hydrogens (tertiary/aromatic N) is 2. The number of halogens is 3. The monoisotopic (exact) mass is 262 g/mol. The first kappa shape index (κ1) is 12.9. The highest BCUT2D eigenvalue weighted by Crippen LogP contribution is 2.28. The van der Waals surface area contributed by atoms with E-state index in [0.29, 0.717) is 17.5 Å². The summed E-state index contributed by atoms with van der Waals surface area (Å²) in [5.74, 6) is 0.0429. The van der Waals surface area contributed by atoms with E-state index in [-0.39, 0.29) is 17.9 Å². The molecule has 0 amide bonds. The summed E-state index contributed by atoms with van der Waals surface area (Å²) < 4.78 is 38.5. The molecule has 1 aromatic heterocycles. The number of nitrogens with two attached hydrogens (primary N) is 1. The molecule has 0 saturated heterocycles. The van der Waals surface area contributed by atoms with Crippen molar-refractivity contribution >= 4 is 5.82 Å². The highest BCUT2D eigenvalue weighted by Gasteiger charge is 2.35. The maximum absolute atomic E-state index is 12.6. The first-order valence-electron chi connectivity index (χ1n) is 5.45. The lowest BCUT2D eigenvalue weighted by Gasteiger charge is -2.33. The Morgan fingerprint density at radius 3 is 2.61 bits per heavy atom. The van der Waals surface area contributed by atoms with Crippen molar-refractivity contribution in [2.75, 3.05) is 5.32 Å². The van der Waals surface area contributed by atoms with Gasteiger partial charge in [-0.1, -0.05) is 0 Å². The lowest BCUT2D eigenvalue weighted by Crippen LogP contribution is -2.45. The first-order chi connectivity index (χ1) is 8.27. The van der Waals surface area contributed by atoms with Crippen LogP contribution in [0.3, 0.4) is 0 Å². The molecule has 8 heteroatoms. The van der Waals surface area contributed by atoms with Crippen molar-refractivity contribution in [3.63, 3.8) is 0 Å². The van der Waals surface area contributed by atoms with Gasteiger partial charge in [-0.2, -0.15) is 18.3 Å². The number of alkyl halides is 3. The average Bonchev–Trinajstić information content (AvgIpc) is 2.19. The van der Waals surface area contributed by atoms with E-state index < -0.39 is 17.3 Å². The predicted octanol–water partition coefficient (Wildman–Crippen LogP) is 0.701. The SMILES string of the molecule is Cn1nc(NC2CC(N)C2)cc(C(F)(F)F)c1=O. The largest absolute Gasteiger partial charge is 0.421 e. The molecule has 0 spiro atoms. The minimum absolute atomic E-state index is 0.0195. The zero-order valence-corrected chi connectivity index (χ0v) is 9.66. The normalized spacial score (nSPS) is 23.6. The van der Waals surface area contributed by atoms with Gasteiger partial charge in [0.25, 0.3) is 5.56 Å². The third kappa shape index (κ3) is 2.47. The predicted molar refractivity (Wildman–Crippen MR) is 59.1 cm³/mol. The van der Waals surface area contributed by atoms with Gasteiger partial charge >= 0.3 is 6.18 Å². The van der Waals surface area contributed by atoms with E-state index in [9.17, 15) is 18.0 Å². The molecular formula is C10H13F3N4O. The van der Waals surface area contributed by atoms with Crippen LogP contribution in [0, 0.1) is 0 Å². The van der Waals surface area contributed by atoms with Crippen LogP contribution >= 0.6 is 0 Å². The Bertz CT molecular complexity index is 505. The van der Waals surface area contributed by atoms with E-state index in [1.54, 1.807) is 0 Å². The fourth-order valence-electron chi connectivity index (χ4n) is 1.87. The summed E-state index contributed by atoms with van der Waals surface area (Å²) in [5.41, 5.74) is 3.21. The maximum atomic E-state index is 12.6. The summed E-state index contributed by atoms with van der Waals surface area (Å²) in [5, 5.41) is 6.58. The van der Waals surface area contributed by atoms with Crippen LogP contribution in [0.4, 0.5) is 19.0 Å². The van der Waals surface area contributed by atoms with Crippen LogP contribution in [0.15, 0.2) is 10.9 Å². The summed E-state index contributed by atoms with van der Waals surface area (Å²) in [6, 6.07) is 0.842. The van der Waals surface area contributed by atoms with Gasteiger partial charge in [-0.25, -0.2) is 4.68 Å². The van der Waals surface area contributed by atoms with Gasteiger partial charge in [0, 0.05) is 25.2 Å². The highest BCUT2D eigenvalue weighted by atomic mass is 19.4. The van der Waals surface area contributed by atoms with Gasteiger partial charge in [-0.05, 0) is 12.8 Å². The van der Waals surface area contributed by atoms with E-state index >= 15 is 0 Å². The van der Waals surface area contributed by atoms with Crippen LogP contribution in [0.5, 0.6) is 0 Å². The lowest BCUT2D eigenvalue weighted by atomic mass is 9.88. The van der Waals surface area contributed by atoms with Crippen molar-refractivity contribution < 1.29 is 13.2 Å². The van der Waals surface area contributed by atoms with Gasteiger partial charge in [0.2, 0.25) is 0 Å². The summed E-state index contributed by atoms with van der Waals surface area (Å²) in [7, 11) is 1.19. The molecule has 0 atom stereocenters. The summed E-state index contributed by atoms with van der Waals surface area (Å²) in [4.78, 5) is 11.3. The molecular weight excluding hydrogens is 249 g/mol. The molecule has 3 N–H and O–H groups in total. The molecule has 1 fully saturated rings. The lowest BCUT2D eigenvalue weighted by molar-refractivity contribution is -0.139. The molecule has 1 aromatic rings. The first-order valence-corrected chi connectivity index (χ1v) is 5.45. The molecule has 1 aliphatic carbocycles. The Kier molecular flexibility index (Phi) is 3.05. The van der Waals surface area contributed by atoms with Gasteiger partial charge in [-0.15, -0.1) is 0 Å². The zero-order chi connectivity index (χ0) is 13.5. The Balaban J connectivity index is 2.27. The Morgan fingerprint density at radius 2 is 2.11 bits per heavy atom. The molecule has 0 radical (unpaired) electrons. The number of aromatic nitrogens is 2. The second-order valence-corrected chi connectivity index (χ2v) is 4.44. The molecule has 0 aliphatic heterocycles. The molecule has 1 saturated carbocycles. The van der Waals surface area contributed by atoms with Crippen molar-refractivity contribution in [1.82, 2.24) is 9.78 Å². The van der Waals surface area contributed by atoms with Crippen LogP contribution in [0.2, 0.25) is 0 Å². The maximum Gasteiger partial charge on any atom is 0.421 e. The average molecular weight is 262 g/mol. The second-order valence-electron chi connectivity index (χ2n) is 4.44. The van der Waals surface area contributed by atoms with Crippen LogP contribution in [0.25, 0.3) is 0 Å². The van der Waals surface area contributed by atoms with Crippen LogP contribution in [0.1, 0.15) is 18.4 Å². The molecule has 0 unspecified atom stereocenters. The minimum atomic E-state index is -4.68. The zero-order valence-electron chi connectivity index (χ0n) is 9.66. The van der Waals surface area contributed by atoms with Crippen molar-refractivity contribution in [2.24, 2.45) is 12.8 Å². The third-order valence-corrected chi connectivity index (χ3v) is 2.90. The molecule has 2 rings (SSSR count). The summed E-state index contributed by atoms with van der Waals surface area (Å²) in [6.07, 6.45) is -3.30. The molecule has 1 aliphatic rings. The Labute approximate surface area is 101 Å². The molecule has 1 heterocycles. The summed E-state index contributed by atoms with van der Waals surface area (Å²) in [6.45, 7) is 0. The fraction of sp³-hybridized carbons (Fsp3) is 0.600. The van der Waals surface area contributed by atoms with E-state index in [0.717, 1.165) is 6.07 Å². The molecule has 100 valence electrons. The van der Waals surface area contributed by atoms with Gasteiger partial charge < -0.3 is 11.1 Å². The van der Waals surface area contributed by atoms with Gasteiger partial charge in [0.1, 0.15) is 11.4 Å². The minimum Gasteiger partial charge on any atom is -0.366 e. The van der Waals surface area contributed by atoms with Gasteiger partial charge in [0.05, 0.1) is 0 Å². The molecule has 18 heavy (non-hydrogen) atoms. The van der Waals surface area contributed by atoms with E-state index in [4.69, 9.17) is 5.73 Å².